The molecule has 68 valence electrons. The largest absolute Gasteiger partial charge is 0.509 e. The summed E-state index contributed by atoms with van der Waals surface area (Å²) in [6.07, 6.45) is 0. The molecule has 0 saturated heterocycles. The lowest BCUT2D eigenvalue weighted by atomic mass is 9.92. The lowest BCUT2D eigenvalue weighted by Crippen LogP contribution is -2.20. The number of primary amides is 1. The van der Waals surface area contributed by atoms with E-state index in [-0.39, 0.29) is 5.76 Å². The highest BCUT2D eigenvalue weighted by Gasteiger charge is 2.24. The van der Waals surface area contributed by atoms with E-state index in [1.807, 2.05) is 0 Å². The number of hydrogen-bond donors (Lipinski definition) is 2. The predicted molar refractivity (Wildman–Crippen MR) is 44.1 cm³/mol. The van der Waals surface area contributed by atoms with Gasteiger partial charge < -0.3 is 10.8 Å². The van der Waals surface area contributed by atoms with Gasteiger partial charge >= 0.3 is 0 Å². The summed E-state index contributed by atoms with van der Waals surface area (Å²) in [5.74, 6) is -1.40. The molecule has 0 aromatic heterocycles. The van der Waals surface area contributed by atoms with E-state index in [0.29, 0.717) is 0 Å². The Morgan fingerprint density at radius 1 is 1.42 bits per heavy atom. The fourth-order valence-electron chi connectivity index (χ4n) is 0.560. The van der Waals surface area contributed by atoms with Crippen molar-refractivity contribution in [2.24, 2.45) is 16.3 Å². The molecule has 0 atom stereocenters. The van der Waals surface area contributed by atoms with Crippen molar-refractivity contribution in [2.75, 3.05) is 0 Å². The molecule has 0 fully saturated rings. The second-order valence-electron chi connectivity index (χ2n) is 3.40. The summed E-state index contributed by atoms with van der Waals surface area (Å²) in [4.78, 5) is 20.6. The monoisotopic (exact) mass is 172 g/mol. The summed E-state index contributed by atoms with van der Waals surface area (Å²) < 4.78 is 0. The smallest absolute Gasteiger partial charge is 0.274 e. The molecule has 0 bridgehead atoms. The van der Waals surface area contributed by atoms with Crippen LogP contribution in [0.4, 0.5) is 0 Å². The number of carbonyl (C=O) groups excluding carboxylic acids is 1. The second-order valence-corrected chi connectivity index (χ2v) is 3.40. The fourth-order valence-corrected chi connectivity index (χ4v) is 0.560. The van der Waals surface area contributed by atoms with Gasteiger partial charge in [0, 0.05) is 5.41 Å². The average Bonchev–Trinajstić information content (AvgIpc) is 1.86. The second kappa shape index (κ2) is 3.34. The van der Waals surface area contributed by atoms with Gasteiger partial charge in [-0.2, -0.15) is 0 Å². The first-order valence-electron chi connectivity index (χ1n) is 3.37. The van der Waals surface area contributed by atoms with Crippen molar-refractivity contribution in [3.8, 4) is 0 Å². The predicted octanol–water partition coefficient (Wildman–Crippen LogP) is 1.05. The summed E-state index contributed by atoms with van der Waals surface area (Å²) in [5.41, 5.74) is 3.49. The van der Waals surface area contributed by atoms with Gasteiger partial charge in [0.1, 0.15) is 5.76 Å². The zero-order valence-corrected chi connectivity index (χ0v) is 7.29. The highest BCUT2D eigenvalue weighted by atomic mass is 16.3. The zero-order chi connectivity index (χ0) is 9.94. The Morgan fingerprint density at radius 2 is 1.83 bits per heavy atom. The first-order chi connectivity index (χ1) is 5.30. The molecule has 12 heavy (non-hydrogen) atoms. The van der Waals surface area contributed by atoms with Crippen LogP contribution >= 0.6 is 0 Å². The number of aliphatic hydroxyl groups excluding tert-OH is 1. The number of amides is 1. The summed E-state index contributed by atoms with van der Waals surface area (Å²) in [6.45, 7) is 4.91. The van der Waals surface area contributed by atoms with Crippen molar-refractivity contribution in [2.45, 2.75) is 20.8 Å². The van der Waals surface area contributed by atoms with Gasteiger partial charge in [-0.3, -0.25) is 4.79 Å². The van der Waals surface area contributed by atoms with E-state index in [1.165, 1.54) is 0 Å². The molecule has 0 aromatic rings. The lowest BCUT2D eigenvalue weighted by Gasteiger charge is -2.17. The van der Waals surface area contributed by atoms with Crippen LogP contribution in [-0.4, -0.2) is 11.0 Å². The van der Waals surface area contributed by atoms with E-state index in [4.69, 9.17) is 5.73 Å². The molecule has 0 heterocycles. The molecule has 3 N–H and O–H groups in total. The molecule has 0 aliphatic carbocycles. The van der Waals surface area contributed by atoms with E-state index in [0.717, 1.165) is 0 Å². The fraction of sp³-hybridized carbons (Fsp3) is 0.571. The summed E-state index contributed by atoms with van der Waals surface area (Å²) in [6, 6.07) is 0. The Balaban J connectivity index is 5.12. The normalized spacial score (nSPS) is 13.6. The van der Waals surface area contributed by atoms with E-state index >= 15 is 0 Å². The van der Waals surface area contributed by atoms with Crippen LogP contribution in [0.5, 0.6) is 0 Å². The summed E-state index contributed by atoms with van der Waals surface area (Å²) in [5, 5.41) is 11.7. The average molecular weight is 172 g/mol. The molecule has 1 amide bonds. The quantitative estimate of drug-likeness (QED) is 0.370. The molecule has 0 rings (SSSR count). The zero-order valence-electron chi connectivity index (χ0n) is 7.29. The SMILES string of the molecule is CC(C)(C)C(O)=C(N=O)C(N)=O. The van der Waals surface area contributed by atoms with Gasteiger partial charge in [0.05, 0.1) is 0 Å². The maximum Gasteiger partial charge on any atom is 0.274 e. The number of nitroso groups, excluding NO2 is 1. The van der Waals surface area contributed by atoms with Gasteiger partial charge in [-0.25, -0.2) is 0 Å². The van der Waals surface area contributed by atoms with E-state index in [9.17, 15) is 14.8 Å². The van der Waals surface area contributed by atoms with Crippen molar-refractivity contribution < 1.29 is 9.90 Å². The maximum absolute atomic E-state index is 10.5. The minimum atomic E-state index is -1.02. The number of nitrogens with two attached hydrogens (primary N) is 1. The van der Waals surface area contributed by atoms with Crippen LogP contribution in [0.15, 0.2) is 16.6 Å². The third-order valence-corrected chi connectivity index (χ3v) is 1.26. The lowest BCUT2D eigenvalue weighted by molar-refractivity contribution is -0.114. The van der Waals surface area contributed by atoms with Crippen molar-refractivity contribution >= 4 is 5.91 Å². The molecule has 5 nitrogen and oxygen atoms in total. The van der Waals surface area contributed by atoms with Crippen LogP contribution in [-0.2, 0) is 4.79 Å². The van der Waals surface area contributed by atoms with E-state index < -0.39 is 17.0 Å². The summed E-state index contributed by atoms with van der Waals surface area (Å²) in [7, 11) is 0. The minimum absolute atomic E-state index is 0.384. The highest BCUT2D eigenvalue weighted by Crippen LogP contribution is 2.25. The molecule has 0 unspecified atom stereocenters. The molecule has 0 saturated carbocycles. The number of allylic oxidation sites excluding steroid dienone is 1. The third kappa shape index (κ3) is 2.34. The molecular formula is C7H12N2O3. The van der Waals surface area contributed by atoms with E-state index in [2.05, 4.69) is 5.18 Å². The standard InChI is InChI=1S/C7H12N2O3/c1-7(2,3)5(10)4(9-12)6(8)11/h10H,1-3H3,(H2,8,11). The summed E-state index contributed by atoms with van der Waals surface area (Å²) >= 11 is 0. The van der Waals surface area contributed by atoms with Gasteiger partial charge in [0.25, 0.3) is 5.91 Å². The van der Waals surface area contributed by atoms with Crippen LogP contribution in [0, 0.1) is 10.3 Å². The minimum Gasteiger partial charge on any atom is -0.509 e. The molecular weight excluding hydrogens is 160 g/mol. The van der Waals surface area contributed by atoms with Crippen molar-refractivity contribution in [3.63, 3.8) is 0 Å². The third-order valence-electron chi connectivity index (χ3n) is 1.26. The van der Waals surface area contributed by atoms with Crippen LogP contribution in [0.2, 0.25) is 0 Å². The Morgan fingerprint density at radius 3 is 1.92 bits per heavy atom. The Bertz CT molecular complexity index is 238. The molecule has 0 radical (unpaired) electrons. The number of rotatable bonds is 2. The number of hydrogen-bond acceptors (Lipinski definition) is 4. The highest BCUT2D eigenvalue weighted by molar-refractivity contribution is 5.92. The van der Waals surface area contributed by atoms with E-state index in [1.54, 1.807) is 20.8 Å². The van der Waals surface area contributed by atoms with Crippen molar-refractivity contribution in [1.82, 2.24) is 0 Å². The van der Waals surface area contributed by atoms with Crippen LogP contribution in [0.25, 0.3) is 0 Å². The molecule has 0 aliphatic heterocycles. The van der Waals surface area contributed by atoms with Gasteiger partial charge in [-0.15, -0.1) is 4.91 Å². The Labute approximate surface area is 70.2 Å². The van der Waals surface area contributed by atoms with Crippen molar-refractivity contribution in [1.29, 1.82) is 0 Å². The Hall–Kier alpha value is -1.39. The molecule has 0 spiro atoms. The topological polar surface area (TPSA) is 92.8 Å². The molecule has 0 aromatic carbocycles. The molecule has 5 heteroatoms. The maximum atomic E-state index is 10.5. The van der Waals surface area contributed by atoms with Gasteiger partial charge in [-0.1, -0.05) is 20.8 Å². The van der Waals surface area contributed by atoms with Crippen molar-refractivity contribution in [3.05, 3.63) is 16.4 Å². The molecule has 0 aliphatic rings. The van der Waals surface area contributed by atoms with Crippen LogP contribution in [0.3, 0.4) is 0 Å². The first-order valence-corrected chi connectivity index (χ1v) is 3.37. The number of carbonyl (C=O) groups is 1. The van der Waals surface area contributed by atoms with Gasteiger partial charge in [-0.05, 0) is 5.18 Å². The van der Waals surface area contributed by atoms with Crippen LogP contribution < -0.4 is 5.73 Å². The number of aliphatic hydroxyl groups is 1. The number of nitrogens with zero attached hydrogens (tertiary/aromatic N) is 1. The van der Waals surface area contributed by atoms with Crippen LogP contribution in [0.1, 0.15) is 20.8 Å². The van der Waals surface area contributed by atoms with Gasteiger partial charge in [0.2, 0.25) is 5.70 Å². The van der Waals surface area contributed by atoms with Gasteiger partial charge in [0.15, 0.2) is 0 Å². The first kappa shape index (κ1) is 10.6. The Kier molecular flexibility index (Phi) is 2.95.